The van der Waals surface area contributed by atoms with Crippen molar-refractivity contribution in [3.8, 4) is 0 Å². The highest BCUT2D eigenvalue weighted by molar-refractivity contribution is 7.99. The summed E-state index contributed by atoms with van der Waals surface area (Å²) in [5, 5.41) is 0. The van der Waals surface area contributed by atoms with Gasteiger partial charge in [0, 0.05) is 9.79 Å². The van der Waals surface area contributed by atoms with Crippen molar-refractivity contribution in [2.75, 3.05) is 4.90 Å². The molecule has 1 amide bonds. The molecule has 0 radical (unpaired) electrons. The van der Waals surface area contributed by atoms with E-state index in [4.69, 9.17) is 9.15 Å². The summed E-state index contributed by atoms with van der Waals surface area (Å²) in [7, 11) is 0. The molecule has 158 valence electrons. The van der Waals surface area contributed by atoms with Gasteiger partial charge < -0.3 is 14.1 Å². The van der Waals surface area contributed by atoms with Crippen molar-refractivity contribution < 1.29 is 18.7 Å². The maximum atomic E-state index is 13.6. The second-order valence-electron chi connectivity index (χ2n) is 7.31. The van der Waals surface area contributed by atoms with Gasteiger partial charge in [0.2, 0.25) is 0 Å². The Hall–Kier alpha value is -3.77. The molecular formula is C26H19NO4S. The summed E-state index contributed by atoms with van der Waals surface area (Å²) in [6, 6.07) is 26.2. The Morgan fingerprint density at radius 1 is 0.906 bits per heavy atom. The number of furan rings is 1. The van der Waals surface area contributed by atoms with Gasteiger partial charge in [0.05, 0.1) is 29.6 Å². The van der Waals surface area contributed by atoms with Crippen LogP contribution >= 0.6 is 11.8 Å². The largest absolute Gasteiger partial charge is 0.466 e. The summed E-state index contributed by atoms with van der Waals surface area (Å²) < 4.78 is 10.6. The van der Waals surface area contributed by atoms with Gasteiger partial charge in [-0.2, -0.15) is 0 Å². The first-order valence-corrected chi connectivity index (χ1v) is 11.0. The first kappa shape index (κ1) is 20.2. The van der Waals surface area contributed by atoms with Gasteiger partial charge in [0.1, 0.15) is 12.4 Å². The highest BCUT2D eigenvalue weighted by atomic mass is 32.2. The van der Waals surface area contributed by atoms with E-state index >= 15 is 0 Å². The SMILES string of the molecule is O=C(OCc1ccco1)c1ccc2c(c1)N(Cc1ccccc1)C(=O)c1ccccc1S2. The molecule has 0 unspecified atom stereocenters. The molecule has 5 rings (SSSR count). The van der Waals surface area contributed by atoms with E-state index in [1.54, 1.807) is 29.2 Å². The lowest BCUT2D eigenvalue weighted by Gasteiger charge is -2.23. The van der Waals surface area contributed by atoms with Crippen molar-refractivity contribution >= 4 is 29.3 Å². The minimum Gasteiger partial charge on any atom is -0.466 e. The number of hydrogen-bond acceptors (Lipinski definition) is 5. The Morgan fingerprint density at radius 2 is 1.72 bits per heavy atom. The number of benzene rings is 3. The minimum absolute atomic E-state index is 0.0514. The molecule has 2 heterocycles. The summed E-state index contributed by atoms with van der Waals surface area (Å²) in [6.45, 7) is 0.447. The van der Waals surface area contributed by atoms with Crippen molar-refractivity contribution in [3.63, 3.8) is 0 Å². The molecule has 6 heteroatoms. The summed E-state index contributed by atoms with van der Waals surface area (Å²) in [6.07, 6.45) is 1.54. The number of anilines is 1. The second-order valence-corrected chi connectivity index (χ2v) is 8.40. The highest BCUT2D eigenvalue weighted by Crippen LogP contribution is 2.42. The van der Waals surface area contributed by atoms with Crippen LogP contribution in [0, 0.1) is 0 Å². The zero-order chi connectivity index (χ0) is 21.9. The fourth-order valence-electron chi connectivity index (χ4n) is 3.58. The van der Waals surface area contributed by atoms with Crippen molar-refractivity contribution in [2.45, 2.75) is 22.9 Å². The van der Waals surface area contributed by atoms with Crippen LogP contribution in [0.5, 0.6) is 0 Å². The predicted octanol–water partition coefficient (Wildman–Crippen LogP) is 5.95. The number of ether oxygens (including phenoxy) is 1. The molecule has 0 atom stereocenters. The first-order chi connectivity index (χ1) is 15.7. The summed E-state index contributed by atoms with van der Waals surface area (Å²) in [4.78, 5) is 29.8. The number of rotatable bonds is 5. The molecule has 0 bridgehead atoms. The third-order valence-electron chi connectivity index (χ3n) is 5.18. The van der Waals surface area contributed by atoms with Crippen molar-refractivity contribution in [1.82, 2.24) is 0 Å². The van der Waals surface area contributed by atoms with Gasteiger partial charge in [-0.25, -0.2) is 4.79 Å². The molecule has 4 aromatic rings. The molecule has 0 spiro atoms. The van der Waals surface area contributed by atoms with E-state index in [1.165, 1.54) is 18.0 Å². The van der Waals surface area contributed by atoms with E-state index in [0.717, 1.165) is 15.4 Å². The van der Waals surface area contributed by atoms with Gasteiger partial charge in [-0.05, 0) is 48.0 Å². The van der Waals surface area contributed by atoms with Crippen LogP contribution in [-0.4, -0.2) is 11.9 Å². The minimum atomic E-state index is -0.469. The quantitative estimate of drug-likeness (QED) is 0.358. The van der Waals surface area contributed by atoms with E-state index in [1.807, 2.05) is 60.7 Å². The van der Waals surface area contributed by atoms with E-state index in [0.29, 0.717) is 29.1 Å². The lowest BCUT2D eigenvalue weighted by molar-refractivity contribution is 0.0445. The molecule has 1 aliphatic heterocycles. The lowest BCUT2D eigenvalue weighted by atomic mass is 10.1. The molecular weight excluding hydrogens is 422 g/mol. The average molecular weight is 442 g/mol. The Morgan fingerprint density at radius 3 is 2.53 bits per heavy atom. The predicted molar refractivity (Wildman–Crippen MR) is 122 cm³/mol. The zero-order valence-corrected chi connectivity index (χ0v) is 17.9. The normalized spacial score (nSPS) is 12.6. The van der Waals surface area contributed by atoms with Crippen molar-refractivity contribution in [3.05, 3.63) is 114 Å². The van der Waals surface area contributed by atoms with Gasteiger partial charge in [-0.15, -0.1) is 0 Å². The van der Waals surface area contributed by atoms with Crippen LogP contribution in [-0.2, 0) is 17.9 Å². The molecule has 3 aromatic carbocycles. The molecule has 0 saturated carbocycles. The number of carbonyl (C=O) groups is 2. The summed E-state index contributed by atoms with van der Waals surface area (Å²) in [5.74, 6) is -0.000116. The monoisotopic (exact) mass is 441 g/mol. The van der Waals surface area contributed by atoms with Gasteiger partial charge in [-0.1, -0.05) is 54.2 Å². The van der Waals surface area contributed by atoms with E-state index in [9.17, 15) is 9.59 Å². The van der Waals surface area contributed by atoms with Crippen LogP contribution < -0.4 is 4.90 Å². The molecule has 0 saturated heterocycles. The third kappa shape index (κ3) is 4.05. The standard InChI is InChI=1S/C26H19NO4S/c28-25-21-10-4-5-11-23(21)32-24-13-12-19(26(29)31-17-20-9-6-14-30-20)15-22(24)27(25)16-18-7-2-1-3-8-18/h1-15H,16-17H2. The van der Waals surface area contributed by atoms with Crippen LogP contribution in [0.3, 0.4) is 0 Å². The van der Waals surface area contributed by atoms with Crippen LogP contribution in [0.2, 0.25) is 0 Å². The van der Waals surface area contributed by atoms with Gasteiger partial charge in [0.15, 0.2) is 0 Å². The molecule has 1 aliphatic rings. The van der Waals surface area contributed by atoms with Crippen molar-refractivity contribution in [2.24, 2.45) is 0 Å². The number of amides is 1. The molecule has 5 nitrogen and oxygen atoms in total. The first-order valence-electron chi connectivity index (χ1n) is 10.2. The fraction of sp³-hybridized carbons (Fsp3) is 0.0769. The van der Waals surface area contributed by atoms with Crippen molar-refractivity contribution in [1.29, 1.82) is 0 Å². The van der Waals surface area contributed by atoms with Crippen LogP contribution in [0.25, 0.3) is 0 Å². The molecule has 0 fully saturated rings. The number of hydrogen-bond donors (Lipinski definition) is 0. The maximum Gasteiger partial charge on any atom is 0.338 e. The number of fused-ring (bicyclic) bond motifs is 2. The van der Waals surface area contributed by atoms with Crippen LogP contribution in [0.1, 0.15) is 32.0 Å². The Labute approximate surface area is 189 Å². The van der Waals surface area contributed by atoms with Gasteiger partial charge in [0.25, 0.3) is 5.91 Å². The molecule has 32 heavy (non-hydrogen) atoms. The Kier molecular flexibility index (Phi) is 5.52. The summed E-state index contributed by atoms with van der Waals surface area (Å²) >= 11 is 1.52. The second kappa shape index (κ2) is 8.77. The molecule has 1 aromatic heterocycles. The molecule has 0 N–H and O–H groups in total. The lowest BCUT2D eigenvalue weighted by Crippen LogP contribution is -2.30. The average Bonchev–Trinajstić information content (AvgIpc) is 3.32. The highest BCUT2D eigenvalue weighted by Gasteiger charge is 2.28. The number of esters is 1. The van der Waals surface area contributed by atoms with Crippen LogP contribution in [0.15, 0.2) is 105 Å². The van der Waals surface area contributed by atoms with E-state index < -0.39 is 5.97 Å². The zero-order valence-electron chi connectivity index (χ0n) is 17.1. The maximum absolute atomic E-state index is 13.6. The Balaban J connectivity index is 1.51. The molecule has 0 aliphatic carbocycles. The van der Waals surface area contributed by atoms with Crippen LogP contribution in [0.4, 0.5) is 5.69 Å². The number of nitrogens with zero attached hydrogens (tertiary/aromatic N) is 1. The van der Waals surface area contributed by atoms with Gasteiger partial charge >= 0.3 is 5.97 Å². The smallest absolute Gasteiger partial charge is 0.338 e. The third-order valence-corrected chi connectivity index (χ3v) is 6.32. The summed E-state index contributed by atoms with van der Waals surface area (Å²) in [5.41, 5.74) is 2.72. The van der Waals surface area contributed by atoms with Gasteiger partial charge in [-0.3, -0.25) is 4.79 Å². The van der Waals surface area contributed by atoms with E-state index in [-0.39, 0.29) is 12.5 Å². The number of carbonyl (C=O) groups excluding carboxylic acids is 2. The van der Waals surface area contributed by atoms with E-state index in [2.05, 4.69) is 0 Å². The fourth-order valence-corrected chi connectivity index (χ4v) is 4.64. The Bertz CT molecular complexity index is 1270. The topological polar surface area (TPSA) is 59.8 Å².